The molecule has 0 aliphatic rings. The first-order valence-corrected chi connectivity index (χ1v) is 11.7. The third-order valence-electron chi connectivity index (χ3n) is 5.17. The van der Waals surface area contributed by atoms with Crippen molar-refractivity contribution < 1.29 is 34.2 Å². The summed E-state index contributed by atoms with van der Waals surface area (Å²) in [7, 11) is 0. The Bertz CT molecular complexity index is 1100. The number of nitrogens with one attached hydrogen (secondary N) is 4. The number of primary amides is 1. The number of H-pyrrole nitrogens is 1. The molecule has 1 aromatic carbocycles. The highest BCUT2D eigenvalue weighted by atomic mass is 32.1. The van der Waals surface area contributed by atoms with E-state index in [9.17, 15) is 34.2 Å². The maximum atomic E-state index is 13.1. The number of aliphatic carboxylic acids is 1. The zero-order chi connectivity index (χ0) is 27.5. The van der Waals surface area contributed by atoms with Crippen molar-refractivity contribution in [3.05, 3.63) is 48.0 Å². The highest BCUT2D eigenvalue weighted by Gasteiger charge is 2.31. The van der Waals surface area contributed by atoms with Gasteiger partial charge in [-0.1, -0.05) is 12.1 Å². The van der Waals surface area contributed by atoms with E-state index in [0.29, 0.717) is 11.3 Å². The number of hydrogen-bond acceptors (Lipinski definition) is 9. The number of imidazole rings is 1. The number of amides is 4. The van der Waals surface area contributed by atoms with E-state index in [4.69, 9.17) is 11.5 Å². The highest BCUT2D eigenvalue weighted by molar-refractivity contribution is 7.80. The molecular formula is C22H29N7O7S. The van der Waals surface area contributed by atoms with E-state index in [0.717, 1.165) is 0 Å². The maximum absolute atomic E-state index is 13.1. The fourth-order valence-electron chi connectivity index (χ4n) is 3.21. The molecule has 2 aromatic rings. The SMILES string of the molecule is NC(=O)CC(NC(=O)C(Cc1cnc[nH]1)NC(=O)C(N)CS)C(=O)NC(Cc1ccc(O)cc1)C(=O)O. The lowest BCUT2D eigenvalue weighted by Gasteiger charge is -2.24. The molecule has 0 saturated carbocycles. The van der Waals surface area contributed by atoms with Crippen molar-refractivity contribution in [2.75, 3.05) is 5.75 Å². The zero-order valence-corrected chi connectivity index (χ0v) is 20.5. The smallest absolute Gasteiger partial charge is 0.326 e. The van der Waals surface area contributed by atoms with E-state index in [1.807, 2.05) is 0 Å². The molecule has 0 aliphatic carbocycles. The largest absolute Gasteiger partial charge is 0.508 e. The van der Waals surface area contributed by atoms with Crippen LogP contribution < -0.4 is 27.4 Å². The number of phenols is 1. The average molecular weight is 536 g/mol. The van der Waals surface area contributed by atoms with Gasteiger partial charge < -0.3 is 42.6 Å². The van der Waals surface area contributed by atoms with E-state index in [1.54, 1.807) is 0 Å². The Hall–Kier alpha value is -4.11. The summed E-state index contributed by atoms with van der Waals surface area (Å²) < 4.78 is 0. The number of carbonyl (C=O) groups is 5. The molecule has 4 amide bonds. The van der Waals surface area contributed by atoms with Crippen molar-refractivity contribution in [3.8, 4) is 5.75 Å². The Kier molecular flexibility index (Phi) is 10.9. The van der Waals surface area contributed by atoms with Gasteiger partial charge in [0, 0.05) is 30.5 Å². The van der Waals surface area contributed by atoms with Gasteiger partial charge in [-0.05, 0) is 17.7 Å². The summed E-state index contributed by atoms with van der Waals surface area (Å²) in [5.41, 5.74) is 11.9. The summed E-state index contributed by atoms with van der Waals surface area (Å²) in [6.07, 6.45) is 1.97. The molecule has 0 radical (unpaired) electrons. The number of aromatic nitrogens is 2. The summed E-state index contributed by atoms with van der Waals surface area (Å²) in [6, 6.07) is 0.497. The van der Waals surface area contributed by atoms with Gasteiger partial charge in [0.2, 0.25) is 23.6 Å². The van der Waals surface area contributed by atoms with Crippen LogP contribution in [0.5, 0.6) is 5.75 Å². The summed E-state index contributed by atoms with van der Waals surface area (Å²) in [5.74, 6) is -4.80. The minimum atomic E-state index is -1.54. The molecule has 15 heteroatoms. The molecule has 0 spiro atoms. The van der Waals surface area contributed by atoms with Crippen molar-refractivity contribution in [2.45, 2.75) is 43.4 Å². The number of rotatable bonds is 14. The second-order valence-electron chi connectivity index (χ2n) is 8.13. The van der Waals surface area contributed by atoms with Gasteiger partial charge in [0.15, 0.2) is 0 Å². The summed E-state index contributed by atoms with van der Waals surface area (Å²) in [4.78, 5) is 68.3. The molecule has 14 nitrogen and oxygen atoms in total. The van der Waals surface area contributed by atoms with Gasteiger partial charge in [0.1, 0.15) is 23.9 Å². The van der Waals surface area contributed by atoms with Crippen molar-refractivity contribution in [3.63, 3.8) is 0 Å². The minimum absolute atomic E-state index is 0.00848. The molecule has 1 aromatic heterocycles. The Morgan fingerprint density at radius 1 is 0.946 bits per heavy atom. The number of carboxylic acids is 1. The first-order chi connectivity index (χ1) is 17.5. The third-order valence-corrected chi connectivity index (χ3v) is 5.57. The van der Waals surface area contributed by atoms with Crippen LogP contribution in [-0.4, -0.2) is 79.7 Å². The van der Waals surface area contributed by atoms with Gasteiger partial charge in [-0.2, -0.15) is 12.6 Å². The number of hydrogen-bond donors (Lipinski definition) is 9. The van der Waals surface area contributed by atoms with Crippen LogP contribution >= 0.6 is 12.6 Å². The number of nitrogens with zero attached hydrogens (tertiary/aromatic N) is 1. The molecule has 37 heavy (non-hydrogen) atoms. The number of benzene rings is 1. The third kappa shape index (κ3) is 9.46. The van der Waals surface area contributed by atoms with Crippen molar-refractivity contribution in [1.82, 2.24) is 25.9 Å². The molecule has 0 fully saturated rings. The van der Waals surface area contributed by atoms with E-state index < -0.39 is 60.2 Å². The van der Waals surface area contributed by atoms with E-state index in [2.05, 4.69) is 38.5 Å². The van der Waals surface area contributed by atoms with Crippen molar-refractivity contribution in [2.24, 2.45) is 11.5 Å². The topological polar surface area (TPSA) is 243 Å². The molecule has 0 aliphatic heterocycles. The number of thiol groups is 1. The molecule has 0 bridgehead atoms. The van der Waals surface area contributed by atoms with Gasteiger partial charge in [-0.15, -0.1) is 0 Å². The van der Waals surface area contributed by atoms with E-state index in [1.165, 1.54) is 36.8 Å². The van der Waals surface area contributed by atoms with Gasteiger partial charge >= 0.3 is 5.97 Å². The number of aromatic amines is 1. The van der Waals surface area contributed by atoms with Crippen LogP contribution in [0, 0.1) is 0 Å². The molecule has 2 rings (SSSR count). The summed E-state index contributed by atoms with van der Waals surface area (Å²) in [6.45, 7) is 0. The fraction of sp³-hybridized carbons (Fsp3) is 0.364. The predicted octanol–water partition coefficient (Wildman–Crippen LogP) is -2.43. The molecule has 0 saturated heterocycles. The highest BCUT2D eigenvalue weighted by Crippen LogP contribution is 2.12. The van der Waals surface area contributed by atoms with Crippen LogP contribution in [-0.2, 0) is 36.8 Å². The predicted molar refractivity (Wildman–Crippen MR) is 133 cm³/mol. The van der Waals surface area contributed by atoms with Gasteiger partial charge in [-0.3, -0.25) is 19.2 Å². The van der Waals surface area contributed by atoms with Gasteiger partial charge in [-0.25, -0.2) is 9.78 Å². The Labute approximate surface area is 217 Å². The van der Waals surface area contributed by atoms with E-state index >= 15 is 0 Å². The number of aromatic hydroxyl groups is 1. The van der Waals surface area contributed by atoms with Gasteiger partial charge in [0.05, 0.1) is 18.8 Å². The number of carboxylic acid groups (broad SMARTS) is 1. The molecule has 200 valence electrons. The van der Waals surface area contributed by atoms with Crippen LogP contribution in [0.15, 0.2) is 36.8 Å². The lowest BCUT2D eigenvalue weighted by Crippen LogP contribution is -2.58. The zero-order valence-electron chi connectivity index (χ0n) is 19.6. The first kappa shape index (κ1) is 29.1. The van der Waals surface area contributed by atoms with Crippen LogP contribution in [0.1, 0.15) is 17.7 Å². The number of nitrogens with two attached hydrogens (primary N) is 2. The Morgan fingerprint density at radius 3 is 2.08 bits per heavy atom. The lowest BCUT2D eigenvalue weighted by molar-refractivity contribution is -0.142. The molecule has 4 atom stereocenters. The molecule has 1 heterocycles. The van der Waals surface area contributed by atoms with Crippen LogP contribution in [0.4, 0.5) is 0 Å². The summed E-state index contributed by atoms with van der Waals surface area (Å²) >= 11 is 3.96. The van der Waals surface area contributed by atoms with Gasteiger partial charge in [0.25, 0.3) is 0 Å². The molecular weight excluding hydrogens is 506 g/mol. The Balaban J connectivity index is 2.18. The maximum Gasteiger partial charge on any atom is 0.326 e. The number of phenolic OH excluding ortho intramolecular Hbond substituents is 1. The quantitative estimate of drug-likeness (QED) is 0.117. The fourth-order valence-corrected chi connectivity index (χ4v) is 3.38. The second kappa shape index (κ2) is 13.8. The van der Waals surface area contributed by atoms with Crippen LogP contribution in [0.25, 0.3) is 0 Å². The van der Waals surface area contributed by atoms with Crippen LogP contribution in [0.2, 0.25) is 0 Å². The van der Waals surface area contributed by atoms with Crippen molar-refractivity contribution in [1.29, 1.82) is 0 Å². The second-order valence-corrected chi connectivity index (χ2v) is 8.50. The van der Waals surface area contributed by atoms with Crippen molar-refractivity contribution >= 4 is 42.2 Å². The standard InChI is InChI=1S/C22H29N7O7S/c23-14(9-37)19(32)27-15(6-12-8-25-10-26-12)20(33)28-16(7-18(24)31)21(34)29-17(22(35)36)5-11-1-3-13(30)4-2-11/h1-4,8,10,14-17,30,37H,5-7,9,23H2,(H2,24,31)(H,25,26)(H,27,32)(H,28,33)(H,29,34)(H,35,36). The molecule has 10 N–H and O–H groups in total. The summed E-state index contributed by atoms with van der Waals surface area (Å²) in [5, 5.41) is 26.1. The number of carbonyl (C=O) groups excluding carboxylic acids is 4. The normalized spacial score (nSPS) is 14.0. The molecule has 4 unspecified atom stereocenters. The first-order valence-electron chi connectivity index (χ1n) is 11.0. The monoisotopic (exact) mass is 535 g/mol. The van der Waals surface area contributed by atoms with Crippen LogP contribution in [0.3, 0.4) is 0 Å². The Morgan fingerprint density at radius 2 is 1.54 bits per heavy atom. The minimum Gasteiger partial charge on any atom is -0.508 e. The van der Waals surface area contributed by atoms with E-state index in [-0.39, 0.29) is 24.3 Å². The average Bonchev–Trinajstić information content (AvgIpc) is 3.36. The lowest BCUT2D eigenvalue weighted by atomic mass is 10.0.